The number of carboxylic acid groups (broad SMARTS) is 1. The molecule has 2 N–H and O–H groups in total. The van der Waals surface area contributed by atoms with E-state index in [2.05, 4.69) is 50.0 Å². The highest BCUT2D eigenvalue weighted by molar-refractivity contribution is 5.72. The summed E-state index contributed by atoms with van der Waals surface area (Å²) < 4.78 is 0. The fourth-order valence-corrected chi connectivity index (χ4v) is 8.41. The van der Waals surface area contributed by atoms with Crippen LogP contribution in [0.1, 0.15) is 123 Å². The highest BCUT2D eigenvalue weighted by Gasteiger charge is 2.56. The normalized spacial score (nSPS) is 33.6. The number of carboxylic acids is 1. The zero-order valence-corrected chi connectivity index (χ0v) is 24.1. The fourth-order valence-electron chi connectivity index (χ4n) is 8.41. The minimum absolute atomic E-state index is 0.106. The summed E-state index contributed by atoms with van der Waals surface area (Å²) in [6, 6.07) is 4.31. The van der Waals surface area contributed by atoms with Crippen LogP contribution >= 0.6 is 0 Å². The third-order valence-corrected chi connectivity index (χ3v) is 10.6. The molecule has 4 heteroatoms. The molecule has 2 saturated carbocycles. The number of allylic oxidation sites excluding steroid dienone is 3. The lowest BCUT2D eigenvalue weighted by molar-refractivity contribution is -0.137. The Balaban J connectivity index is 0.000000240. The molecule has 4 aliphatic rings. The van der Waals surface area contributed by atoms with Gasteiger partial charge in [0.2, 0.25) is 0 Å². The molecule has 1 aromatic rings. The number of aromatic nitrogens is 1. The predicted octanol–water partition coefficient (Wildman–Crippen LogP) is 8.61. The van der Waals surface area contributed by atoms with Crippen LogP contribution in [0.3, 0.4) is 0 Å². The molecule has 4 nitrogen and oxygen atoms in total. The Bertz CT molecular complexity index is 985. The molecule has 2 fully saturated rings. The van der Waals surface area contributed by atoms with Crippen molar-refractivity contribution >= 4 is 11.5 Å². The van der Waals surface area contributed by atoms with Gasteiger partial charge in [-0.15, -0.1) is 0 Å². The van der Waals surface area contributed by atoms with Gasteiger partial charge < -0.3 is 10.2 Å². The first-order valence-electron chi connectivity index (χ1n) is 15.5. The average Bonchev–Trinajstić information content (AvgIpc) is 3.26. The molecule has 0 aliphatic heterocycles. The van der Waals surface area contributed by atoms with Crippen LogP contribution in [-0.2, 0) is 4.79 Å². The SMILES string of the molecule is CCCCCCCCCC(=O)O.C[C@]12CC[C@H](O)CC1=CC[C@@H]1[C@@H]2CC[C@]2(C)C(c3cccnc3)=CC[C@@H]12. The van der Waals surface area contributed by atoms with Crippen molar-refractivity contribution in [2.45, 2.75) is 123 Å². The number of rotatable bonds is 9. The number of aliphatic hydroxyl groups is 1. The minimum Gasteiger partial charge on any atom is -0.481 e. The summed E-state index contributed by atoms with van der Waals surface area (Å²) in [7, 11) is 0. The highest BCUT2D eigenvalue weighted by Crippen LogP contribution is 2.66. The van der Waals surface area contributed by atoms with Gasteiger partial charge in [-0.2, -0.15) is 0 Å². The standard InChI is InChI=1S/C24H31NO.C10H20O2/c1-23-11-9-18(26)14-17(23)5-6-19-21-8-7-20(16-4-3-13-25-15-16)24(21,2)12-10-22(19)23;1-2-3-4-5-6-7-8-9-10(11)12/h3-5,7,13,15,18-19,21-22,26H,6,8-12,14H2,1-2H3;2-9H2,1H3,(H,11,12)/t18-,19-,21-,22-,23-,24+;/m0./s1. The van der Waals surface area contributed by atoms with E-state index in [1.54, 1.807) is 11.1 Å². The lowest BCUT2D eigenvalue weighted by Crippen LogP contribution is -2.49. The number of carbonyl (C=O) groups is 1. The van der Waals surface area contributed by atoms with E-state index in [1.807, 2.05) is 12.4 Å². The molecule has 1 heterocycles. The van der Waals surface area contributed by atoms with Crippen molar-refractivity contribution in [1.82, 2.24) is 4.98 Å². The molecule has 0 spiro atoms. The second kappa shape index (κ2) is 12.9. The van der Waals surface area contributed by atoms with E-state index >= 15 is 0 Å². The van der Waals surface area contributed by atoms with Gasteiger partial charge >= 0.3 is 5.97 Å². The third-order valence-electron chi connectivity index (χ3n) is 10.6. The largest absolute Gasteiger partial charge is 0.481 e. The van der Waals surface area contributed by atoms with Crippen LogP contribution in [0.2, 0.25) is 0 Å². The number of aliphatic carboxylic acids is 1. The molecule has 0 radical (unpaired) electrons. The molecular weight excluding hydrogens is 470 g/mol. The van der Waals surface area contributed by atoms with Gasteiger partial charge in [0.05, 0.1) is 6.10 Å². The quantitative estimate of drug-likeness (QED) is 0.252. The van der Waals surface area contributed by atoms with E-state index in [9.17, 15) is 9.90 Å². The third kappa shape index (κ3) is 6.27. The number of hydrogen-bond donors (Lipinski definition) is 2. The summed E-state index contributed by atoms with van der Waals surface area (Å²) in [6.45, 7) is 7.23. The first-order valence-corrected chi connectivity index (χ1v) is 15.5. The van der Waals surface area contributed by atoms with Crippen LogP contribution in [-0.4, -0.2) is 27.3 Å². The lowest BCUT2D eigenvalue weighted by atomic mass is 9.47. The number of unbranched alkanes of at least 4 members (excludes halogenated alkanes) is 6. The molecule has 0 saturated heterocycles. The maximum absolute atomic E-state index is 10.2. The van der Waals surface area contributed by atoms with E-state index in [4.69, 9.17) is 5.11 Å². The number of aliphatic hydroxyl groups excluding tert-OH is 1. The Hall–Kier alpha value is -1.94. The van der Waals surface area contributed by atoms with Gasteiger partial charge in [-0.25, -0.2) is 0 Å². The molecular formula is C34H51NO3. The zero-order chi connectivity index (χ0) is 27.2. The summed E-state index contributed by atoms with van der Waals surface area (Å²) >= 11 is 0. The van der Waals surface area contributed by atoms with Crippen LogP contribution in [0.4, 0.5) is 0 Å². The van der Waals surface area contributed by atoms with Gasteiger partial charge in [0.1, 0.15) is 0 Å². The second-order valence-electron chi connectivity index (χ2n) is 13.0. The number of nitrogens with zero attached hydrogens (tertiary/aromatic N) is 1. The Morgan fingerprint density at radius 2 is 1.71 bits per heavy atom. The van der Waals surface area contributed by atoms with E-state index in [-0.39, 0.29) is 6.10 Å². The molecule has 0 bridgehead atoms. The molecule has 6 atom stereocenters. The van der Waals surface area contributed by atoms with Gasteiger partial charge in [0.15, 0.2) is 0 Å². The molecule has 38 heavy (non-hydrogen) atoms. The Morgan fingerprint density at radius 3 is 2.42 bits per heavy atom. The second-order valence-corrected chi connectivity index (χ2v) is 13.0. The minimum atomic E-state index is -0.663. The van der Waals surface area contributed by atoms with Crippen molar-refractivity contribution in [1.29, 1.82) is 0 Å². The number of hydrogen-bond acceptors (Lipinski definition) is 3. The van der Waals surface area contributed by atoms with Crippen molar-refractivity contribution in [3.8, 4) is 0 Å². The Morgan fingerprint density at radius 1 is 0.974 bits per heavy atom. The predicted molar refractivity (Wildman–Crippen MR) is 156 cm³/mol. The van der Waals surface area contributed by atoms with Crippen LogP contribution in [0.25, 0.3) is 5.57 Å². The molecule has 0 aromatic carbocycles. The molecule has 210 valence electrons. The maximum Gasteiger partial charge on any atom is 0.303 e. The molecule has 5 rings (SSSR count). The fraction of sp³-hybridized carbons (Fsp3) is 0.706. The van der Waals surface area contributed by atoms with E-state index in [0.717, 1.165) is 43.4 Å². The first-order chi connectivity index (χ1) is 18.3. The summed E-state index contributed by atoms with van der Waals surface area (Å²) in [6.07, 6.45) is 25.7. The Labute approximate surface area is 231 Å². The lowest BCUT2D eigenvalue weighted by Gasteiger charge is -2.57. The van der Waals surface area contributed by atoms with Crippen LogP contribution in [0.15, 0.2) is 42.3 Å². The summed E-state index contributed by atoms with van der Waals surface area (Å²) in [4.78, 5) is 14.5. The molecule has 4 aliphatic carbocycles. The van der Waals surface area contributed by atoms with Crippen LogP contribution in [0, 0.1) is 28.6 Å². The van der Waals surface area contributed by atoms with Crippen molar-refractivity contribution in [2.24, 2.45) is 28.6 Å². The summed E-state index contributed by atoms with van der Waals surface area (Å²) in [5.74, 6) is 1.69. The Kier molecular flexibility index (Phi) is 9.89. The topological polar surface area (TPSA) is 70.4 Å². The van der Waals surface area contributed by atoms with Crippen LogP contribution in [0.5, 0.6) is 0 Å². The van der Waals surface area contributed by atoms with Gasteiger partial charge in [-0.1, -0.05) is 83.1 Å². The highest BCUT2D eigenvalue weighted by atomic mass is 16.4. The van der Waals surface area contributed by atoms with Crippen molar-refractivity contribution < 1.29 is 15.0 Å². The summed E-state index contributed by atoms with van der Waals surface area (Å²) in [5.41, 5.74) is 5.09. The zero-order valence-electron chi connectivity index (χ0n) is 24.1. The van der Waals surface area contributed by atoms with E-state index in [0.29, 0.717) is 17.3 Å². The van der Waals surface area contributed by atoms with Crippen molar-refractivity contribution in [3.63, 3.8) is 0 Å². The molecule has 1 aromatic heterocycles. The van der Waals surface area contributed by atoms with Gasteiger partial charge in [0, 0.05) is 18.8 Å². The monoisotopic (exact) mass is 521 g/mol. The molecule has 0 amide bonds. The summed E-state index contributed by atoms with van der Waals surface area (Å²) in [5, 5.41) is 18.5. The average molecular weight is 522 g/mol. The smallest absolute Gasteiger partial charge is 0.303 e. The van der Waals surface area contributed by atoms with Crippen molar-refractivity contribution in [3.05, 3.63) is 47.8 Å². The van der Waals surface area contributed by atoms with Crippen molar-refractivity contribution in [2.75, 3.05) is 0 Å². The van der Waals surface area contributed by atoms with Gasteiger partial charge in [0.25, 0.3) is 0 Å². The van der Waals surface area contributed by atoms with Crippen LogP contribution < -0.4 is 0 Å². The van der Waals surface area contributed by atoms with E-state index in [1.165, 1.54) is 69.8 Å². The first kappa shape index (κ1) is 29.1. The van der Waals surface area contributed by atoms with E-state index < -0.39 is 5.97 Å². The molecule has 0 unspecified atom stereocenters. The number of fused-ring (bicyclic) bond motifs is 5. The number of pyridine rings is 1. The van der Waals surface area contributed by atoms with Gasteiger partial charge in [-0.05, 0) is 97.2 Å². The maximum atomic E-state index is 10.2. The van der Waals surface area contributed by atoms with Gasteiger partial charge in [-0.3, -0.25) is 9.78 Å².